The molecule has 0 fully saturated rings. The van der Waals surface area contributed by atoms with E-state index < -0.39 is 17.9 Å². The van der Waals surface area contributed by atoms with Crippen molar-refractivity contribution in [3.05, 3.63) is 36.5 Å². The van der Waals surface area contributed by atoms with Gasteiger partial charge in [0.25, 0.3) is 0 Å². The van der Waals surface area contributed by atoms with Gasteiger partial charge in [-0.3, -0.25) is 0 Å². The summed E-state index contributed by atoms with van der Waals surface area (Å²) < 4.78 is 0. The predicted octanol–water partition coefficient (Wildman–Crippen LogP) is 11.3. The molecule has 3 N–H and O–H groups in total. The molecule has 0 aromatic rings. The fourth-order valence-electron chi connectivity index (χ4n) is 4.22. The van der Waals surface area contributed by atoms with Crippen LogP contribution in [0.3, 0.4) is 0 Å². The van der Waals surface area contributed by atoms with E-state index in [9.17, 15) is 14.4 Å². The number of unbranched alkanes of at least 4 members (excludes halogenated alkanes) is 20. The Bertz CT molecular complexity index is 650. The second-order valence-electron chi connectivity index (χ2n) is 11.5. The summed E-state index contributed by atoms with van der Waals surface area (Å²) in [6.45, 7) is 16.2. The second kappa shape index (κ2) is 34.8. The first-order valence-electron chi connectivity index (χ1n) is 16.7. The van der Waals surface area contributed by atoms with Crippen molar-refractivity contribution in [1.82, 2.24) is 0 Å². The smallest absolute Gasteiger partial charge is 0.330 e. The number of aliphatic carboxylic acids is 3. The number of hydrogen-bond acceptors (Lipinski definition) is 3. The highest BCUT2D eigenvalue weighted by atomic mass is 16.4. The van der Waals surface area contributed by atoms with Gasteiger partial charge in [0.15, 0.2) is 0 Å². The van der Waals surface area contributed by atoms with Crippen molar-refractivity contribution in [3.8, 4) is 0 Å². The van der Waals surface area contributed by atoms with Gasteiger partial charge in [0.1, 0.15) is 0 Å². The molecule has 6 nitrogen and oxygen atoms in total. The lowest BCUT2D eigenvalue weighted by Gasteiger charge is -2.02. The monoisotopic (exact) mass is 594 g/mol. The molecule has 0 heterocycles. The van der Waals surface area contributed by atoms with Gasteiger partial charge in [-0.05, 0) is 32.6 Å². The third kappa shape index (κ3) is 39.8. The number of carbonyl (C=O) groups is 3. The summed E-state index contributed by atoms with van der Waals surface area (Å²) in [5.74, 6) is -2.63. The van der Waals surface area contributed by atoms with Crippen LogP contribution in [0.25, 0.3) is 0 Å². The summed E-state index contributed by atoms with van der Waals surface area (Å²) in [5, 5.41) is 25.2. The topological polar surface area (TPSA) is 112 Å². The molecule has 0 unspecified atom stereocenters. The molecule has 0 atom stereocenters. The van der Waals surface area contributed by atoms with Gasteiger partial charge in [0.2, 0.25) is 0 Å². The molecule has 0 aromatic carbocycles. The fraction of sp³-hybridized carbons (Fsp3) is 0.750. The predicted molar refractivity (Wildman–Crippen MR) is 178 cm³/mol. The van der Waals surface area contributed by atoms with Gasteiger partial charge in [-0.2, -0.15) is 0 Å². The maximum Gasteiger partial charge on any atom is 0.330 e. The van der Waals surface area contributed by atoms with E-state index in [1.54, 1.807) is 0 Å². The zero-order chi connectivity index (χ0) is 32.4. The van der Waals surface area contributed by atoms with E-state index >= 15 is 0 Å². The Labute approximate surface area is 258 Å². The Morgan fingerprint density at radius 3 is 0.762 bits per heavy atom. The summed E-state index contributed by atoms with van der Waals surface area (Å²) in [7, 11) is 0. The van der Waals surface area contributed by atoms with Crippen LogP contribution in [-0.4, -0.2) is 33.2 Å². The minimum atomic E-state index is -0.935. The first-order valence-corrected chi connectivity index (χ1v) is 16.7. The SMILES string of the molecule is C=C(C)C(=O)O.C=C(CCCCCCCCCCCCC)C(=O)O.C=C(CCCCCCCCCCCCC)C(=O)O. The van der Waals surface area contributed by atoms with E-state index in [0.717, 1.165) is 25.7 Å². The van der Waals surface area contributed by atoms with E-state index in [1.807, 2.05) is 0 Å². The summed E-state index contributed by atoms with van der Waals surface area (Å²) in [6, 6.07) is 0. The van der Waals surface area contributed by atoms with Gasteiger partial charge in [-0.15, -0.1) is 0 Å². The lowest BCUT2D eigenvalue weighted by molar-refractivity contribution is -0.133. The molecule has 42 heavy (non-hydrogen) atoms. The molecular formula is C36H66O6. The molecule has 0 saturated carbocycles. The van der Waals surface area contributed by atoms with Crippen molar-refractivity contribution in [1.29, 1.82) is 0 Å². The molecule has 0 aliphatic carbocycles. The second-order valence-corrected chi connectivity index (χ2v) is 11.5. The average molecular weight is 595 g/mol. The van der Waals surface area contributed by atoms with E-state index in [-0.39, 0.29) is 5.57 Å². The Morgan fingerprint density at radius 2 is 0.595 bits per heavy atom. The Hall–Kier alpha value is -2.37. The van der Waals surface area contributed by atoms with Crippen LogP contribution in [0, 0.1) is 0 Å². The van der Waals surface area contributed by atoms with Crippen LogP contribution in [0.1, 0.15) is 175 Å². The highest BCUT2D eigenvalue weighted by Crippen LogP contribution is 2.14. The molecule has 0 radical (unpaired) electrons. The lowest BCUT2D eigenvalue weighted by atomic mass is 10.0. The van der Waals surface area contributed by atoms with Gasteiger partial charge in [-0.25, -0.2) is 14.4 Å². The first-order chi connectivity index (χ1) is 20.0. The molecule has 0 bridgehead atoms. The van der Waals surface area contributed by atoms with E-state index in [0.29, 0.717) is 24.0 Å². The molecule has 0 amide bonds. The van der Waals surface area contributed by atoms with Crippen LogP contribution in [0.15, 0.2) is 36.5 Å². The standard InChI is InChI=1S/2C16H30O2.C4H6O2/c2*1-3-4-5-6-7-8-9-10-11-12-13-14-15(2)16(17)18;1-3(2)4(5)6/h2*2-14H2,1H3,(H,17,18);1H2,2H3,(H,5,6). The minimum absolute atomic E-state index is 0.176. The van der Waals surface area contributed by atoms with Gasteiger partial charge in [-0.1, -0.05) is 162 Å². The van der Waals surface area contributed by atoms with Crippen molar-refractivity contribution < 1.29 is 29.7 Å². The van der Waals surface area contributed by atoms with Crippen LogP contribution in [0.4, 0.5) is 0 Å². The largest absolute Gasteiger partial charge is 0.478 e. The summed E-state index contributed by atoms with van der Waals surface area (Å²) in [4.78, 5) is 30.6. The van der Waals surface area contributed by atoms with Crippen LogP contribution in [-0.2, 0) is 14.4 Å². The number of carboxylic acid groups (broad SMARTS) is 3. The zero-order valence-corrected chi connectivity index (χ0v) is 27.7. The van der Waals surface area contributed by atoms with E-state index in [1.165, 1.54) is 122 Å². The number of hydrogen-bond donors (Lipinski definition) is 3. The zero-order valence-electron chi connectivity index (χ0n) is 27.7. The molecule has 0 aromatic heterocycles. The summed E-state index contributed by atoms with van der Waals surface area (Å²) >= 11 is 0. The molecule has 0 rings (SSSR count). The average Bonchev–Trinajstić information content (AvgIpc) is 2.94. The van der Waals surface area contributed by atoms with Crippen LogP contribution >= 0.6 is 0 Å². The van der Waals surface area contributed by atoms with Crippen molar-refractivity contribution in [2.75, 3.05) is 0 Å². The van der Waals surface area contributed by atoms with E-state index in [2.05, 4.69) is 33.6 Å². The molecule has 0 aliphatic heterocycles. The van der Waals surface area contributed by atoms with Crippen molar-refractivity contribution in [3.63, 3.8) is 0 Å². The minimum Gasteiger partial charge on any atom is -0.478 e. The molecule has 246 valence electrons. The molecular weight excluding hydrogens is 528 g/mol. The van der Waals surface area contributed by atoms with Gasteiger partial charge < -0.3 is 15.3 Å². The molecule has 0 aliphatic rings. The van der Waals surface area contributed by atoms with Crippen molar-refractivity contribution in [2.24, 2.45) is 0 Å². The lowest BCUT2D eigenvalue weighted by Crippen LogP contribution is -1.98. The maximum atomic E-state index is 10.5. The fourth-order valence-corrected chi connectivity index (χ4v) is 4.22. The van der Waals surface area contributed by atoms with Gasteiger partial charge in [0.05, 0.1) is 0 Å². The summed E-state index contributed by atoms with van der Waals surface area (Å²) in [6.07, 6.45) is 29.8. The highest BCUT2D eigenvalue weighted by molar-refractivity contribution is 5.86. The Morgan fingerprint density at radius 1 is 0.405 bits per heavy atom. The third-order valence-electron chi connectivity index (χ3n) is 7.13. The number of rotatable bonds is 27. The van der Waals surface area contributed by atoms with Crippen LogP contribution in [0.2, 0.25) is 0 Å². The van der Waals surface area contributed by atoms with Crippen molar-refractivity contribution in [2.45, 2.75) is 175 Å². The normalized spacial score (nSPS) is 10.1. The quantitative estimate of drug-likeness (QED) is 0.0644. The number of carboxylic acids is 3. The summed E-state index contributed by atoms with van der Waals surface area (Å²) in [5.41, 5.74) is 0.881. The highest BCUT2D eigenvalue weighted by Gasteiger charge is 2.03. The van der Waals surface area contributed by atoms with Gasteiger partial charge >= 0.3 is 17.9 Å². The van der Waals surface area contributed by atoms with Gasteiger partial charge in [0, 0.05) is 16.7 Å². The Kier molecular flexibility index (Phi) is 36.6. The Balaban J connectivity index is -0.000000607. The van der Waals surface area contributed by atoms with Crippen molar-refractivity contribution >= 4 is 17.9 Å². The first kappa shape index (κ1) is 44.1. The molecule has 6 heteroatoms. The van der Waals surface area contributed by atoms with Crippen LogP contribution in [0.5, 0.6) is 0 Å². The van der Waals surface area contributed by atoms with Crippen LogP contribution < -0.4 is 0 Å². The maximum absolute atomic E-state index is 10.5. The third-order valence-corrected chi connectivity index (χ3v) is 7.13. The molecule has 0 spiro atoms. The van der Waals surface area contributed by atoms with E-state index in [4.69, 9.17) is 15.3 Å². The molecule has 0 saturated heterocycles.